The lowest BCUT2D eigenvalue weighted by molar-refractivity contribution is -0.116. The highest BCUT2D eigenvalue weighted by atomic mass is 32.2. The first kappa shape index (κ1) is 18.9. The summed E-state index contributed by atoms with van der Waals surface area (Å²) in [4.78, 5) is 22.9. The largest absolute Gasteiger partial charge is 0.478 e. The molecule has 27 heavy (non-hydrogen) atoms. The molecule has 1 fully saturated rings. The van der Waals surface area contributed by atoms with Gasteiger partial charge in [0.2, 0.25) is 15.9 Å². The molecule has 0 saturated carbocycles. The summed E-state index contributed by atoms with van der Waals surface area (Å²) in [7, 11) is -3.21. The molecule has 1 aliphatic heterocycles. The molecule has 142 valence electrons. The molecule has 2 aromatic carbocycles. The number of carbonyl (C=O) groups is 2. The lowest BCUT2D eigenvalue weighted by Gasteiger charge is -2.17. The van der Waals surface area contributed by atoms with Gasteiger partial charge in [0.05, 0.1) is 17.0 Å². The van der Waals surface area contributed by atoms with Gasteiger partial charge in [0.25, 0.3) is 0 Å². The third kappa shape index (κ3) is 4.65. The van der Waals surface area contributed by atoms with Gasteiger partial charge in [-0.2, -0.15) is 0 Å². The van der Waals surface area contributed by atoms with Crippen molar-refractivity contribution in [2.75, 3.05) is 21.9 Å². The monoisotopic (exact) mass is 388 g/mol. The Kier molecular flexibility index (Phi) is 5.46. The summed E-state index contributed by atoms with van der Waals surface area (Å²) in [6.07, 6.45) is 1.37. The number of aromatic carboxylic acids is 1. The summed E-state index contributed by atoms with van der Waals surface area (Å²) in [6.45, 7) is 0.481. The molecule has 7 nitrogen and oxygen atoms in total. The molecule has 0 radical (unpaired) electrons. The summed E-state index contributed by atoms with van der Waals surface area (Å²) in [5.74, 6) is -0.984. The minimum Gasteiger partial charge on any atom is -0.478 e. The van der Waals surface area contributed by atoms with Crippen LogP contribution in [0.25, 0.3) is 0 Å². The number of amides is 1. The predicted octanol–water partition coefficient (Wildman–Crippen LogP) is 2.50. The molecule has 3 rings (SSSR count). The molecular weight excluding hydrogens is 368 g/mol. The Hall–Kier alpha value is -2.87. The van der Waals surface area contributed by atoms with Crippen molar-refractivity contribution < 1.29 is 23.1 Å². The number of carboxylic acid groups (broad SMARTS) is 1. The minimum atomic E-state index is -3.21. The number of nitrogens with one attached hydrogen (secondary N) is 1. The Bertz CT molecular complexity index is 937. The quantitative estimate of drug-likeness (QED) is 0.791. The second-order valence-corrected chi connectivity index (χ2v) is 8.35. The third-order valence-electron chi connectivity index (χ3n) is 4.38. The first-order valence-electron chi connectivity index (χ1n) is 8.58. The van der Waals surface area contributed by atoms with E-state index in [4.69, 9.17) is 5.11 Å². The van der Waals surface area contributed by atoms with Gasteiger partial charge >= 0.3 is 5.97 Å². The van der Waals surface area contributed by atoms with E-state index in [-0.39, 0.29) is 23.6 Å². The highest BCUT2D eigenvalue weighted by Gasteiger charge is 2.28. The smallest absolute Gasteiger partial charge is 0.335 e. The topological polar surface area (TPSA) is 104 Å². The molecule has 0 spiro atoms. The zero-order chi connectivity index (χ0) is 19.4. The van der Waals surface area contributed by atoms with Crippen LogP contribution in [-0.4, -0.2) is 37.7 Å². The van der Waals surface area contributed by atoms with Gasteiger partial charge < -0.3 is 10.4 Å². The molecule has 0 aromatic heterocycles. The van der Waals surface area contributed by atoms with Crippen molar-refractivity contribution in [3.63, 3.8) is 0 Å². The Labute approximate surface area is 157 Å². The number of anilines is 2. The summed E-state index contributed by atoms with van der Waals surface area (Å²) in [5, 5.41) is 11.7. The molecule has 0 bridgehead atoms. The molecule has 1 heterocycles. The average molecular weight is 388 g/mol. The van der Waals surface area contributed by atoms with Gasteiger partial charge in [-0.25, -0.2) is 13.2 Å². The van der Waals surface area contributed by atoms with Gasteiger partial charge in [0, 0.05) is 18.7 Å². The summed E-state index contributed by atoms with van der Waals surface area (Å²) >= 11 is 0. The zero-order valence-electron chi connectivity index (χ0n) is 14.6. The fraction of sp³-hybridized carbons (Fsp3) is 0.263. The molecule has 1 aliphatic rings. The Balaban J connectivity index is 1.54. The molecule has 0 unspecified atom stereocenters. The van der Waals surface area contributed by atoms with E-state index in [0.717, 1.165) is 5.56 Å². The van der Waals surface area contributed by atoms with E-state index in [1.165, 1.54) is 16.4 Å². The number of benzene rings is 2. The normalized spacial score (nSPS) is 15.5. The summed E-state index contributed by atoms with van der Waals surface area (Å²) in [6, 6.07) is 13.2. The number of carboxylic acids is 1. The van der Waals surface area contributed by atoms with Crippen molar-refractivity contribution >= 4 is 33.3 Å². The molecule has 0 atom stereocenters. The van der Waals surface area contributed by atoms with E-state index in [2.05, 4.69) is 5.32 Å². The number of hydrogen-bond donors (Lipinski definition) is 2. The maximum absolute atomic E-state index is 12.1. The molecule has 0 aliphatic carbocycles. The molecule has 2 aromatic rings. The Morgan fingerprint density at radius 1 is 1.04 bits per heavy atom. The van der Waals surface area contributed by atoms with Crippen LogP contribution in [-0.2, 0) is 21.2 Å². The van der Waals surface area contributed by atoms with Gasteiger partial charge in [-0.15, -0.1) is 0 Å². The van der Waals surface area contributed by atoms with Crippen molar-refractivity contribution in [2.24, 2.45) is 0 Å². The fourth-order valence-corrected chi connectivity index (χ4v) is 4.50. The van der Waals surface area contributed by atoms with Crippen LogP contribution in [0.15, 0.2) is 48.5 Å². The number of nitrogens with zero attached hydrogens (tertiary/aromatic N) is 1. The van der Waals surface area contributed by atoms with E-state index in [0.29, 0.717) is 30.8 Å². The summed E-state index contributed by atoms with van der Waals surface area (Å²) < 4.78 is 25.2. The summed E-state index contributed by atoms with van der Waals surface area (Å²) in [5.41, 5.74) is 2.29. The number of hydrogen-bond acceptors (Lipinski definition) is 4. The van der Waals surface area contributed by atoms with Gasteiger partial charge in [-0.1, -0.05) is 12.1 Å². The molecular formula is C19H20N2O5S. The SMILES string of the molecule is O=C(CCc1ccc(C(=O)O)cc1)Nc1ccc(N2CCCS2(=O)=O)cc1. The Morgan fingerprint density at radius 2 is 1.70 bits per heavy atom. The molecule has 1 amide bonds. The van der Waals surface area contributed by atoms with Crippen molar-refractivity contribution in [3.05, 3.63) is 59.7 Å². The standard InChI is InChI=1S/C19H20N2O5S/c22-18(11-4-14-2-5-15(6-3-14)19(23)24)20-16-7-9-17(10-8-16)21-12-1-13-27(21,25)26/h2-3,5-10H,1,4,11-13H2,(H,20,22)(H,23,24). The fourth-order valence-electron chi connectivity index (χ4n) is 2.94. The lowest BCUT2D eigenvalue weighted by Crippen LogP contribution is -2.25. The second kappa shape index (κ2) is 7.79. The van der Waals surface area contributed by atoms with E-state index in [1.54, 1.807) is 36.4 Å². The lowest BCUT2D eigenvalue weighted by atomic mass is 10.1. The van der Waals surface area contributed by atoms with Crippen LogP contribution >= 0.6 is 0 Å². The van der Waals surface area contributed by atoms with Gasteiger partial charge in [0.1, 0.15) is 0 Å². The highest BCUT2D eigenvalue weighted by Crippen LogP contribution is 2.25. The van der Waals surface area contributed by atoms with E-state index in [1.807, 2.05) is 0 Å². The first-order chi connectivity index (χ1) is 12.8. The average Bonchev–Trinajstić information content (AvgIpc) is 3.00. The zero-order valence-corrected chi connectivity index (χ0v) is 15.4. The molecule has 1 saturated heterocycles. The third-order valence-corrected chi connectivity index (χ3v) is 6.25. The van der Waals surface area contributed by atoms with Crippen molar-refractivity contribution in [3.8, 4) is 0 Å². The van der Waals surface area contributed by atoms with Gasteiger partial charge in [0.15, 0.2) is 0 Å². The maximum atomic E-state index is 12.1. The van der Waals surface area contributed by atoms with Crippen LogP contribution in [0.2, 0.25) is 0 Å². The number of carbonyl (C=O) groups excluding carboxylic acids is 1. The van der Waals surface area contributed by atoms with Crippen LogP contribution in [0.5, 0.6) is 0 Å². The predicted molar refractivity (Wildman–Crippen MR) is 103 cm³/mol. The van der Waals surface area contributed by atoms with Crippen LogP contribution < -0.4 is 9.62 Å². The van der Waals surface area contributed by atoms with Crippen molar-refractivity contribution in [1.29, 1.82) is 0 Å². The first-order valence-corrected chi connectivity index (χ1v) is 10.2. The van der Waals surface area contributed by atoms with Crippen LogP contribution in [0.3, 0.4) is 0 Å². The number of rotatable bonds is 6. The van der Waals surface area contributed by atoms with Gasteiger partial charge in [-0.05, 0) is 54.8 Å². The maximum Gasteiger partial charge on any atom is 0.335 e. The van der Waals surface area contributed by atoms with E-state index < -0.39 is 16.0 Å². The van der Waals surface area contributed by atoms with E-state index >= 15 is 0 Å². The van der Waals surface area contributed by atoms with Crippen molar-refractivity contribution in [2.45, 2.75) is 19.3 Å². The Morgan fingerprint density at radius 3 is 2.26 bits per heavy atom. The molecule has 8 heteroatoms. The molecule has 2 N–H and O–H groups in total. The van der Waals surface area contributed by atoms with Crippen molar-refractivity contribution in [1.82, 2.24) is 0 Å². The highest BCUT2D eigenvalue weighted by molar-refractivity contribution is 7.93. The van der Waals surface area contributed by atoms with Crippen LogP contribution in [0.4, 0.5) is 11.4 Å². The van der Waals surface area contributed by atoms with Gasteiger partial charge in [-0.3, -0.25) is 9.10 Å². The number of aryl methyl sites for hydroxylation is 1. The van der Waals surface area contributed by atoms with Crippen LogP contribution in [0.1, 0.15) is 28.8 Å². The second-order valence-electron chi connectivity index (χ2n) is 6.34. The number of sulfonamides is 1. The van der Waals surface area contributed by atoms with Crippen LogP contribution in [0, 0.1) is 0 Å². The van der Waals surface area contributed by atoms with E-state index in [9.17, 15) is 18.0 Å². The minimum absolute atomic E-state index is 0.166.